The Kier molecular flexibility index (Phi) is 4.72. The number of nitro groups is 1. The zero-order valence-electron chi connectivity index (χ0n) is 9.31. The van der Waals surface area contributed by atoms with E-state index in [1.165, 1.54) is 6.07 Å². The Balaban J connectivity index is 2.61. The minimum Gasteiger partial charge on any atom is -0.493 e. The molecular weight excluding hydrogens is 208 g/mol. The highest BCUT2D eigenvalue weighted by Gasteiger charge is 2.11. The fraction of sp³-hybridized carbons (Fsp3) is 0.455. The number of hydrogen-bond donors (Lipinski definition) is 1. The molecule has 5 heteroatoms. The lowest BCUT2D eigenvalue weighted by atomic mass is 10.2. The number of nitrogens with two attached hydrogens (primary N) is 1. The summed E-state index contributed by atoms with van der Waals surface area (Å²) in [7, 11) is 0. The molecular formula is C11H16N2O3. The van der Waals surface area contributed by atoms with Gasteiger partial charge in [-0.05, 0) is 38.4 Å². The van der Waals surface area contributed by atoms with Crippen molar-refractivity contribution in [3.63, 3.8) is 0 Å². The molecule has 0 atom stereocenters. The van der Waals surface area contributed by atoms with Crippen LogP contribution in [-0.4, -0.2) is 18.1 Å². The standard InChI is InChI=1S/C11H16N2O3/c1-9-4-5-10(8-11(9)13(14)15)16-7-3-2-6-12/h4-5,8H,2-3,6-7,12H2,1H3. The van der Waals surface area contributed by atoms with E-state index >= 15 is 0 Å². The van der Waals surface area contributed by atoms with E-state index < -0.39 is 4.92 Å². The van der Waals surface area contributed by atoms with E-state index in [-0.39, 0.29) is 5.69 Å². The van der Waals surface area contributed by atoms with Crippen LogP contribution in [0.15, 0.2) is 18.2 Å². The molecule has 0 radical (unpaired) electrons. The summed E-state index contributed by atoms with van der Waals surface area (Å²) in [6, 6.07) is 4.89. The third-order valence-electron chi connectivity index (χ3n) is 2.24. The third-order valence-corrected chi connectivity index (χ3v) is 2.24. The van der Waals surface area contributed by atoms with Crippen molar-refractivity contribution in [2.24, 2.45) is 5.73 Å². The number of unbranched alkanes of at least 4 members (excludes halogenated alkanes) is 1. The number of hydrogen-bond acceptors (Lipinski definition) is 4. The molecule has 0 amide bonds. The van der Waals surface area contributed by atoms with Crippen LogP contribution in [0.1, 0.15) is 18.4 Å². The molecule has 0 unspecified atom stereocenters. The van der Waals surface area contributed by atoms with Gasteiger partial charge in [-0.3, -0.25) is 10.1 Å². The van der Waals surface area contributed by atoms with E-state index in [0.717, 1.165) is 12.8 Å². The van der Waals surface area contributed by atoms with Gasteiger partial charge >= 0.3 is 0 Å². The topological polar surface area (TPSA) is 78.4 Å². The summed E-state index contributed by atoms with van der Waals surface area (Å²) in [6.45, 7) is 2.88. The number of nitrogens with zero attached hydrogens (tertiary/aromatic N) is 1. The monoisotopic (exact) mass is 224 g/mol. The van der Waals surface area contributed by atoms with Crippen LogP contribution in [0, 0.1) is 17.0 Å². The van der Waals surface area contributed by atoms with E-state index in [0.29, 0.717) is 24.5 Å². The van der Waals surface area contributed by atoms with Crippen LogP contribution in [0.5, 0.6) is 5.75 Å². The summed E-state index contributed by atoms with van der Waals surface area (Å²) in [5.41, 5.74) is 6.08. The van der Waals surface area contributed by atoms with Gasteiger partial charge in [0.25, 0.3) is 5.69 Å². The minimum absolute atomic E-state index is 0.0938. The SMILES string of the molecule is Cc1ccc(OCCCCN)cc1[N+](=O)[O-]. The van der Waals surface area contributed by atoms with Crippen molar-refractivity contribution < 1.29 is 9.66 Å². The Bertz CT molecular complexity index is 366. The van der Waals surface area contributed by atoms with Crippen molar-refractivity contribution in [3.8, 4) is 5.75 Å². The van der Waals surface area contributed by atoms with Gasteiger partial charge in [0.15, 0.2) is 0 Å². The molecule has 0 aliphatic heterocycles. The maximum atomic E-state index is 10.7. The number of aryl methyl sites for hydroxylation is 1. The summed E-state index contributed by atoms with van der Waals surface area (Å²) in [5, 5.41) is 10.7. The molecule has 1 rings (SSSR count). The number of benzene rings is 1. The zero-order valence-corrected chi connectivity index (χ0v) is 9.31. The van der Waals surface area contributed by atoms with Crippen molar-refractivity contribution in [2.75, 3.05) is 13.2 Å². The Morgan fingerprint density at radius 2 is 2.19 bits per heavy atom. The molecule has 0 bridgehead atoms. The maximum absolute atomic E-state index is 10.7. The number of ether oxygens (including phenoxy) is 1. The summed E-state index contributed by atoms with van der Waals surface area (Å²) < 4.78 is 5.39. The van der Waals surface area contributed by atoms with Crippen LogP contribution in [0.3, 0.4) is 0 Å². The summed E-state index contributed by atoms with van der Waals surface area (Å²) >= 11 is 0. The summed E-state index contributed by atoms with van der Waals surface area (Å²) in [5.74, 6) is 0.536. The van der Waals surface area contributed by atoms with Crippen molar-refractivity contribution in [3.05, 3.63) is 33.9 Å². The maximum Gasteiger partial charge on any atom is 0.275 e. The van der Waals surface area contributed by atoms with Gasteiger partial charge in [-0.1, -0.05) is 0 Å². The fourth-order valence-electron chi connectivity index (χ4n) is 1.31. The predicted octanol–water partition coefficient (Wildman–Crippen LogP) is 2.02. The van der Waals surface area contributed by atoms with Crippen molar-refractivity contribution in [1.29, 1.82) is 0 Å². The second-order valence-electron chi connectivity index (χ2n) is 3.55. The molecule has 0 aliphatic rings. The van der Waals surface area contributed by atoms with Crippen LogP contribution in [0.25, 0.3) is 0 Å². The summed E-state index contributed by atoms with van der Waals surface area (Å²) in [6.07, 6.45) is 1.76. The first-order valence-corrected chi connectivity index (χ1v) is 5.23. The quantitative estimate of drug-likeness (QED) is 0.455. The molecule has 0 aromatic heterocycles. The van der Waals surface area contributed by atoms with Gasteiger partial charge in [-0.15, -0.1) is 0 Å². The first-order chi connectivity index (χ1) is 7.65. The normalized spacial score (nSPS) is 10.1. The third kappa shape index (κ3) is 3.51. The fourth-order valence-corrected chi connectivity index (χ4v) is 1.31. The van der Waals surface area contributed by atoms with Gasteiger partial charge in [-0.2, -0.15) is 0 Å². The minimum atomic E-state index is -0.401. The van der Waals surface area contributed by atoms with E-state index in [9.17, 15) is 10.1 Å². The summed E-state index contributed by atoms with van der Waals surface area (Å²) in [4.78, 5) is 10.3. The molecule has 0 fully saturated rings. The molecule has 1 aromatic carbocycles. The first-order valence-electron chi connectivity index (χ1n) is 5.23. The Morgan fingerprint density at radius 1 is 1.44 bits per heavy atom. The van der Waals surface area contributed by atoms with E-state index in [1.807, 2.05) is 0 Å². The molecule has 0 spiro atoms. The highest BCUT2D eigenvalue weighted by atomic mass is 16.6. The van der Waals surface area contributed by atoms with Gasteiger partial charge in [0, 0.05) is 5.56 Å². The van der Waals surface area contributed by atoms with Gasteiger partial charge in [0.1, 0.15) is 5.75 Å². The van der Waals surface area contributed by atoms with Crippen LogP contribution < -0.4 is 10.5 Å². The van der Waals surface area contributed by atoms with Crippen molar-refractivity contribution >= 4 is 5.69 Å². The van der Waals surface area contributed by atoms with Gasteiger partial charge in [0.2, 0.25) is 0 Å². The Labute approximate surface area is 94.4 Å². The van der Waals surface area contributed by atoms with Crippen LogP contribution >= 0.6 is 0 Å². The van der Waals surface area contributed by atoms with Crippen LogP contribution in [-0.2, 0) is 0 Å². The Hall–Kier alpha value is -1.62. The van der Waals surface area contributed by atoms with Crippen LogP contribution in [0.2, 0.25) is 0 Å². The first kappa shape index (κ1) is 12.4. The molecule has 16 heavy (non-hydrogen) atoms. The van der Waals surface area contributed by atoms with Crippen LogP contribution in [0.4, 0.5) is 5.69 Å². The molecule has 88 valence electrons. The molecule has 5 nitrogen and oxygen atoms in total. The highest BCUT2D eigenvalue weighted by molar-refractivity contribution is 5.45. The van der Waals surface area contributed by atoms with E-state index in [2.05, 4.69) is 0 Å². The van der Waals surface area contributed by atoms with Crippen molar-refractivity contribution in [2.45, 2.75) is 19.8 Å². The van der Waals surface area contributed by atoms with E-state index in [4.69, 9.17) is 10.5 Å². The highest BCUT2D eigenvalue weighted by Crippen LogP contribution is 2.23. The van der Waals surface area contributed by atoms with Gasteiger partial charge in [0.05, 0.1) is 17.6 Å². The zero-order chi connectivity index (χ0) is 12.0. The predicted molar refractivity (Wildman–Crippen MR) is 61.6 cm³/mol. The Morgan fingerprint density at radius 3 is 2.81 bits per heavy atom. The second-order valence-corrected chi connectivity index (χ2v) is 3.55. The molecule has 0 heterocycles. The molecule has 0 saturated heterocycles. The lowest BCUT2D eigenvalue weighted by Gasteiger charge is -2.06. The average molecular weight is 224 g/mol. The number of nitro benzene ring substituents is 1. The molecule has 1 aromatic rings. The largest absolute Gasteiger partial charge is 0.493 e. The lowest BCUT2D eigenvalue weighted by Crippen LogP contribution is -2.03. The van der Waals surface area contributed by atoms with Gasteiger partial charge in [-0.25, -0.2) is 0 Å². The van der Waals surface area contributed by atoms with Gasteiger partial charge < -0.3 is 10.5 Å². The second kappa shape index (κ2) is 6.07. The molecule has 0 aliphatic carbocycles. The number of rotatable bonds is 6. The van der Waals surface area contributed by atoms with E-state index in [1.54, 1.807) is 19.1 Å². The molecule has 0 saturated carbocycles. The van der Waals surface area contributed by atoms with Crippen molar-refractivity contribution in [1.82, 2.24) is 0 Å². The smallest absolute Gasteiger partial charge is 0.275 e. The molecule has 2 N–H and O–H groups in total. The average Bonchev–Trinajstić information content (AvgIpc) is 2.26. The lowest BCUT2D eigenvalue weighted by molar-refractivity contribution is -0.385.